The third-order valence-corrected chi connectivity index (χ3v) is 6.34. The fourth-order valence-electron chi connectivity index (χ4n) is 4.58. The summed E-state index contributed by atoms with van der Waals surface area (Å²) in [5, 5.41) is 10.6. The second kappa shape index (κ2) is 8.11. The van der Waals surface area contributed by atoms with E-state index >= 15 is 0 Å². The molecule has 8 heteroatoms. The van der Waals surface area contributed by atoms with Crippen LogP contribution in [0.2, 0.25) is 0 Å². The van der Waals surface area contributed by atoms with Gasteiger partial charge in [0.15, 0.2) is 11.6 Å². The van der Waals surface area contributed by atoms with Crippen molar-refractivity contribution in [1.29, 1.82) is 0 Å². The van der Waals surface area contributed by atoms with Gasteiger partial charge < -0.3 is 15.1 Å². The van der Waals surface area contributed by atoms with Crippen LogP contribution in [0.3, 0.4) is 0 Å². The van der Waals surface area contributed by atoms with Crippen LogP contribution in [0.15, 0.2) is 48.8 Å². The summed E-state index contributed by atoms with van der Waals surface area (Å²) in [5.41, 5.74) is 4.71. The Bertz CT molecular complexity index is 1200. The average Bonchev–Trinajstić information content (AvgIpc) is 3.62. The molecule has 6 rings (SSSR count). The number of H-pyrrole nitrogens is 1. The number of rotatable bonds is 5. The number of hydrogen-bond donors (Lipinski definition) is 2. The summed E-state index contributed by atoms with van der Waals surface area (Å²) in [6.07, 6.45) is 8.61. The van der Waals surface area contributed by atoms with E-state index in [2.05, 4.69) is 66.7 Å². The van der Waals surface area contributed by atoms with Gasteiger partial charge in [-0.05, 0) is 62.1 Å². The van der Waals surface area contributed by atoms with Crippen LogP contribution in [0.4, 0.5) is 23.0 Å². The second-order valence-electron chi connectivity index (χ2n) is 8.49. The lowest BCUT2D eigenvalue weighted by Gasteiger charge is -2.18. The van der Waals surface area contributed by atoms with E-state index in [0.717, 1.165) is 54.3 Å². The fourth-order valence-corrected chi connectivity index (χ4v) is 4.58. The first-order valence-corrected chi connectivity index (χ1v) is 11.4. The molecule has 5 heterocycles. The van der Waals surface area contributed by atoms with Crippen LogP contribution in [0, 0.1) is 0 Å². The van der Waals surface area contributed by atoms with E-state index < -0.39 is 0 Å². The summed E-state index contributed by atoms with van der Waals surface area (Å²) in [4.78, 5) is 18.9. The van der Waals surface area contributed by atoms with Crippen molar-refractivity contribution < 1.29 is 0 Å². The van der Waals surface area contributed by atoms with Crippen LogP contribution in [0.1, 0.15) is 25.7 Å². The zero-order valence-corrected chi connectivity index (χ0v) is 18.0. The van der Waals surface area contributed by atoms with Gasteiger partial charge in [0, 0.05) is 49.3 Å². The number of aromatic nitrogens is 5. The van der Waals surface area contributed by atoms with Crippen molar-refractivity contribution in [3.8, 4) is 11.4 Å². The topological polar surface area (TPSA) is 85.9 Å². The Morgan fingerprint density at radius 2 is 1.53 bits per heavy atom. The summed E-state index contributed by atoms with van der Waals surface area (Å²) in [7, 11) is 0. The van der Waals surface area contributed by atoms with E-state index in [4.69, 9.17) is 9.97 Å². The zero-order chi connectivity index (χ0) is 21.3. The summed E-state index contributed by atoms with van der Waals surface area (Å²) in [6, 6.07) is 12.7. The molecule has 0 unspecified atom stereocenters. The highest BCUT2D eigenvalue weighted by atomic mass is 15.2. The average molecular weight is 427 g/mol. The third-order valence-electron chi connectivity index (χ3n) is 6.34. The van der Waals surface area contributed by atoms with Gasteiger partial charge in [0.25, 0.3) is 0 Å². The largest absolute Gasteiger partial charge is 0.372 e. The molecule has 32 heavy (non-hydrogen) atoms. The van der Waals surface area contributed by atoms with Gasteiger partial charge in [-0.15, -0.1) is 0 Å². The lowest BCUT2D eigenvalue weighted by Crippen LogP contribution is -2.18. The molecule has 0 atom stereocenters. The standard InChI is InChI=1S/C24H26N8/c1-2-12-31(11-1)19-8-6-18(7-9-19)27-24-22-20(16-26-30-22)28-23(29-24)17-5-10-21(25-15-17)32-13-3-4-14-32/h5-10,15-16H,1-4,11-14H2,(H,26,30)(H,27,28,29). The van der Waals surface area contributed by atoms with Crippen LogP contribution in [0.5, 0.6) is 0 Å². The Hall–Kier alpha value is -3.68. The first-order chi connectivity index (χ1) is 15.8. The Balaban J connectivity index is 1.28. The summed E-state index contributed by atoms with van der Waals surface area (Å²) < 4.78 is 0. The number of pyridine rings is 1. The van der Waals surface area contributed by atoms with Gasteiger partial charge in [-0.2, -0.15) is 5.10 Å². The molecular formula is C24H26N8. The number of fused-ring (bicyclic) bond motifs is 1. The van der Waals surface area contributed by atoms with Crippen LogP contribution in [-0.2, 0) is 0 Å². The number of hydrogen-bond acceptors (Lipinski definition) is 7. The van der Waals surface area contributed by atoms with E-state index in [9.17, 15) is 0 Å². The quantitative estimate of drug-likeness (QED) is 0.490. The van der Waals surface area contributed by atoms with E-state index in [-0.39, 0.29) is 0 Å². The van der Waals surface area contributed by atoms with Gasteiger partial charge in [0.05, 0.1) is 6.20 Å². The lowest BCUT2D eigenvalue weighted by molar-refractivity contribution is 0.937. The first kappa shape index (κ1) is 19.0. The van der Waals surface area contributed by atoms with Gasteiger partial charge >= 0.3 is 0 Å². The number of anilines is 4. The molecule has 2 N–H and O–H groups in total. The number of aromatic amines is 1. The molecule has 0 amide bonds. The predicted molar refractivity (Wildman–Crippen MR) is 128 cm³/mol. The second-order valence-corrected chi connectivity index (χ2v) is 8.49. The molecule has 0 radical (unpaired) electrons. The fraction of sp³-hybridized carbons (Fsp3) is 0.333. The van der Waals surface area contributed by atoms with E-state index in [1.54, 1.807) is 6.20 Å². The smallest absolute Gasteiger partial charge is 0.163 e. The highest BCUT2D eigenvalue weighted by Crippen LogP contribution is 2.28. The molecule has 0 spiro atoms. The highest BCUT2D eigenvalue weighted by Gasteiger charge is 2.16. The lowest BCUT2D eigenvalue weighted by atomic mass is 10.2. The Kier molecular flexibility index (Phi) is 4.82. The number of nitrogens with one attached hydrogen (secondary N) is 2. The van der Waals surface area contributed by atoms with Crippen LogP contribution >= 0.6 is 0 Å². The van der Waals surface area contributed by atoms with Crippen molar-refractivity contribution in [2.45, 2.75) is 25.7 Å². The van der Waals surface area contributed by atoms with E-state index in [1.807, 2.05) is 6.20 Å². The third kappa shape index (κ3) is 3.62. The molecule has 8 nitrogen and oxygen atoms in total. The molecule has 2 fully saturated rings. The predicted octanol–water partition coefficient (Wildman–Crippen LogP) is 4.36. The SMILES string of the molecule is c1cc(N2CCCC2)ccc1Nc1nc(-c2ccc(N3CCCC3)nc2)nc2cn[nH]c12. The van der Waals surface area contributed by atoms with E-state index in [0.29, 0.717) is 11.6 Å². The monoisotopic (exact) mass is 426 g/mol. The van der Waals surface area contributed by atoms with Gasteiger partial charge in [0.2, 0.25) is 0 Å². The summed E-state index contributed by atoms with van der Waals surface area (Å²) in [5.74, 6) is 2.36. The zero-order valence-electron chi connectivity index (χ0n) is 18.0. The van der Waals surface area contributed by atoms with Crippen molar-refractivity contribution in [2.75, 3.05) is 41.3 Å². The van der Waals surface area contributed by atoms with E-state index in [1.165, 1.54) is 31.4 Å². The summed E-state index contributed by atoms with van der Waals surface area (Å²) >= 11 is 0. The van der Waals surface area contributed by atoms with Gasteiger partial charge in [-0.1, -0.05) is 0 Å². The minimum absolute atomic E-state index is 0.635. The first-order valence-electron chi connectivity index (χ1n) is 11.4. The Morgan fingerprint density at radius 1 is 0.781 bits per heavy atom. The van der Waals surface area contributed by atoms with Crippen molar-refractivity contribution in [1.82, 2.24) is 25.1 Å². The minimum Gasteiger partial charge on any atom is -0.372 e. The highest BCUT2D eigenvalue weighted by molar-refractivity contribution is 5.88. The molecule has 0 saturated carbocycles. The van der Waals surface area contributed by atoms with Crippen LogP contribution in [-0.4, -0.2) is 51.3 Å². The van der Waals surface area contributed by atoms with Crippen molar-refractivity contribution >= 4 is 34.0 Å². The minimum atomic E-state index is 0.635. The molecule has 4 aromatic rings. The maximum atomic E-state index is 4.81. The molecule has 3 aromatic heterocycles. The van der Waals surface area contributed by atoms with Crippen molar-refractivity contribution in [2.24, 2.45) is 0 Å². The maximum absolute atomic E-state index is 4.81. The normalized spacial score (nSPS) is 16.2. The van der Waals surface area contributed by atoms with Crippen molar-refractivity contribution in [3.63, 3.8) is 0 Å². The molecule has 2 aliphatic heterocycles. The van der Waals surface area contributed by atoms with Gasteiger partial charge in [-0.3, -0.25) is 5.10 Å². The van der Waals surface area contributed by atoms with Gasteiger partial charge in [0.1, 0.15) is 16.9 Å². The molecule has 0 bridgehead atoms. The molecular weight excluding hydrogens is 400 g/mol. The van der Waals surface area contributed by atoms with Gasteiger partial charge in [-0.25, -0.2) is 15.0 Å². The van der Waals surface area contributed by atoms with Crippen LogP contribution in [0.25, 0.3) is 22.4 Å². The summed E-state index contributed by atoms with van der Waals surface area (Å²) in [6.45, 7) is 4.44. The van der Waals surface area contributed by atoms with Crippen LogP contribution < -0.4 is 15.1 Å². The van der Waals surface area contributed by atoms with Crippen molar-refractivity contribution in [3.05, 3.63) is 48.8 Å². The Labute approximate surface area is 186 Å². The molecule has 0 aliphatic carbocycles. The maximum Gasteiger partial charge on any atom is 0.163 e. The molecule has 1 aromatic carbocycles. The number of benzene rings is 1. The molecule has 2 aliphatic rings. The Morgan fingerprint density at radius 3 is 2.25 bits per heavy atom. The molecule has 162 valence electrons. The molecule has 2 saturated heterocycles. The number of nitrogens with zero attached hydrogens (tertiary/aromatic N) is 6.